The zero-order valence-corrected chi connectivity index (χ0v) is 16.7. The second-order valence-electron chi connectivity index (χ2n) is 8.06. The van der Waals surface area contributed by atoms with Crippen molar-refractivity contribution in [2.75, 3.05) is 13.6 Å². The molecule has 0 spiro atoms. The van der Waals surface area contributed by atoms with Crippen LogP contribution in [0.1, 0.15) is 43.7 Å². The Labute approximate surface area is 166 Å². The highest BCUT2D eigenvalue weighted by Crippen LogP contribution is 2.51. The van der Waals surface area contributed by atoms with Gasteiger partial charge in [-0.3, -0.25) is 0 Å². The molecule has 2 atom stereocenters. The van der Waals surface area contributed by atoms with Crippen LogP contribution in [0.5, 0.6) is 0 Å². The number of nitriles is 1. The fourth-order valence-electron chi connectivity index (χ4n) is 4.06. The van der Waals surface area contributed by atoms with E-state index >= 15 is 0 Å². The fraction of sp³-hybridized carbons (Fsp3) is 0.458. The van der Waals surface area contributed by atoms with Gasteiger partial charge in [0.15, 0.2) is 0 Å². The summed E-state index contributed by atoms with van der Waals surface area (Å²) in [7, 11) is 2.07. The van der Waals surface area contributed by atoms with E-state index in [1.807, 2.05) is 18.2 Å². The summed E-state index contributed by atoms with van der Waals surface area (Å²) in [5.41, 5.74) is 0.197. The van der Waals surface area contributed by atoms with Crippen LogP contribution < -0.4 is 0 Å². The van der Waals surface area contributed by atoms with Gasteiger partial charge in [0.1, 0.15) is 11.6 Å². The molecule has 0 saturated heterocycles. The smallest absolute Gasteiger partial charge is 0.130 e. The zero-order valence-electron chi connectivity index (χ0n) is 16.7. The zero-order chi connectivity index (χ0) is 20.1. The molecular formula is C24H28F2N2. The first-order valence-electron chi connectivity index (χ1n) is 10.1. The van der Waals surface area contributed by atoms with Crippen LogP contribution in [0.4, 0.5) is 8.78 Å². The van der Waals surface area contributed by atoms with Crippen LogP contribution >= 0.6 is 0 Å². The van der Waals surface area contributed by atoms with Gasteiger partial charge in [0.2, 0.25) is 0 Å². The van der Waals surface area contributed by atoms with Crippen molar-refractivity contribution in [3.8, 4) is 6.07 Å². The molecule has 0 amide bonds. The summed E-state index contributed by atoms with van der Waals surface area (Å²) in [6, 6.07) is 16.8. The summed E-state index contributed by atoms with van der Waals surface area (Å²) in [6.07, 6.45) is 3.88. The molecule has 1 aliphatic rings. The van der Waals surface area contributed by atoms with Crippen LogP contribution in [0.15, 0.2) is 48.5 Å². The first-order valence-corrected chi connectivity index (χ1v) is 10.1. The Morgan fingerprint density at radius 2 is 1.75 bits per heavy atom. The summed E-state index contributed by atoms with van der Waals surface area (Å²) in [5.74, 6) is -1.15. The largest absolute Gasteiger partial charge is 0.303 e. The van der Waals surface area contributed by atoms with Crippen LogP contribution in [0, 0.1) is 28.9 Å². The number of benzene rings is 2. The first-order chi connectivity index (χ1) is 13.5. The van der Waals surface area contributed by atoms with Crippen LogP contribution in [-0.4, -0.2) is 24.5 Å². The third-order valence-corrected chi connectivity index (χ3v) is 6.19. The summed E-state index contributed by atoms with van der Waals surface area (Å²) < 4.78 is 29.0. The van der Waals surface area contributed by atoms with Crippen LogP contribution in [0.2, 0.25) is 0 Å². The Balaban J connectivity index is 1.68. The summed E-state index contributed by atoms with van der Waals surface area (Å²) >= 11 is 0. The molecule has 2 aromatic carbocycles. The molecule has 4 heteroatoms. The number of rotatable bonds is 9. The SMILES string of the molecule is CC(CCC(C#N)(c1c(F)cccc1F)C1CC1)N(C)CCc1ccccc1. The third kappa shape index (κ3) is 4.42. The molecule has 1 aliphatic carbocycles. The summed E-state index contributed by atoms with van der Waals surface area (Å²) in [4.78, 5) is 2.26. The highest BCUT2D eigenvalue weighted by Gasteiger charge is 2.49. The average Bonchev–Trinajstić information content (AvgIpc) is 3.54. The van der Waals surface area contributed by atoms with E-state index < -0.39 is 17.0 Å². The topological polar surface area (TPSA) is 27.0 Å². The lowest BCUT2D eigenvalue weighted by Gasteiger charge is -2.32. The Hall–Kier alpha value is -2.25. The molecule has 2 unspecified atom stereocenters. The van der Waals surface area contributed by atoms with E-state index in [9.17, 15) is 14.0 Å². The van der Waals surface area contributed by atoms with Crippen LogP contribution in [0.25, 0.3) is 0 Å². The van der Waals surface area contributed by atoms with Gasteiger partial charge < -0.3 is 4.90 Å². The lowest BCUT2D eigenvalue weighted by atomic mass is 9.72. The van der Waals surface area contributed by atoms with Gasteiger partial charge in [-0.05, 0) is 69.7 Å². The van der Waals surface area contributed by atoms with Gasteiger partial charge in [0.25, 0.3) is 0 Å². The van der Waals surface area contributed by atoms with E-state index in [0.717, 1.165) is 32.2 Å². The van der Waals surface area contributed by atoms with Gasteiger partial charge in [0, 0.05) is 18.2 Å². The highest BCUT2D eigenvalue weighted by molar-refractivity contribution is 5.38. The second-order valence-corrected chi connectivity index (χ2v) is 8.06. The van der Waals surface area contributed by atoms with E-state index in [-0.39, 0.29) is 17.5 Å². The second kappa shape index (κ2) is 8.84. The normalized spacial score (nSPS) is 17.1. The van der Waals surface area contributed by atoms with Crippen molar-refractivity contribution < 1.29 is 8.78 Å². The average molecular weight is 382 g/mol. The molecule has 3 rings (SSSR count). The fourth-order valence-corrected chi connectivity index (χ4v) is 4.06. The van der Waals surface area contributed by atoms with E-state index in [4.69, 9.17) is 0 Å². The standard InChI is InChI=1S/C24H28F2N2/c1-18(28(2)16-14-19-7-4-3-5-8-19)13-15-24(17-27,20-11-12-20)23-21(25)9-6-10-22(23)26/h3-10,18,20H,11-16H2,1-2H3. The van der Waals surface area contributed by atoms with Gasteiger partial charge in [-0.1, -0.05) is 36.4 Å². The Bertz CT molecular complexity index is 806. The molecule has 0 aromatic heterocycles. The quantitative estimate of drug-likeness (QED) is 0.574. The Morgan fingerprint density at radius 1 is 1.11 bits per heavy atom. The van der Waals surface area contributed by atoms with Gasteiger partial charge in [-0.25, -0.2) is 8.78 Å². The molecule has 0 N–H and O–H groups in total. The minimum atomic E-state index is -1.07. The van der Waals surface area contributed by atoms with Gasteiger partial charge >= 0.3 is 0 Å². The van der Waals surface area contributed by atoms with Crippen molar-refractivity contribution in [2.45, 2.75) is 50.5 Å². The van der Waals surface area contributed by atoms with Gasteiger partial charge in [-0.2, -0.15) is 5.26 Å². The molecule has 0 radical (unpaired) electrons. The highest BCUT2D eigenvalue weighted by atomic mass is 19.1. The molecule has 0 aliphatic heterocycles. The molecule has 2 aromatic rings. The molecule has 0 heterocycles. The van der Waals surface area contributed by atoms with E-state index in [1.165, 1.54) is 23.8 Å². The minimum absolute atomic E-state index is 0.0286. The molecule has 1 saturated carbocycles. The maximum atomic E-state index is 14.5. The summed E-state index contributed by atoms with van der Waals surface area (Å²) in [6.45, 7) is 3.03. The molecular weight excluding hydrogens is 354 g/mol. The van der Waals surface area contributed by atoms with Crippen molar-refractivity contribution in [1.29, 1.82) is 5.26 Å². The van der Waals surface area contributed by atoms with Crippen molar-refractivity contribution in [3.05, 3.63) is 71.3 Å². The van der Waals surface area contributed by atoms with Gasteiger partial charge in [0.05, 0.1) is 11.5 Å². The monoisotopic (exact) mass is 382 g/mol. The van der Waals surface area contributed by atoms with Crippen molar-refractivity contribution >= 4 is 0 Å². The van der Waals surface area contributed by atoms with Crippen molar-refractivity contribution in [3.63, 3.8) is 0 Å². The molecule has 28 heavy (non-hydrogen) atoms. The number of nitrogens with zero attached hydrogens (tertiary/aromatic N) is 2. The van der Waals surface area contributed by atoms with Gasteiger partial charge in [-0.15, -0.1) is 0 Å². The Morgan fingerprint density at radius 3 is 2.32 bits per heavy atom. The number of likely N-dealkylation sites (N-methyl/N-ethyl adjacent to an activating group) is 1. The number of halogens is 2. The first kappa shape index (κ1) is 20.5. The molecule has 2 nitrogen and oxygen atoms in total. The molecule has 1 fully saturated rings. The van der Waals surface area contributed by atoms with Crippen molar-refractivity contribution in [1.82, 2.24) is 4.90 Å². The maximum Gasteiger partial charge on any atom is 0.130 e. The number of hydrogen-bond acceptors (Lipinski definition) is 2. The van der Waals surface area contributed by atoms with Crippen LogP contribution in [0.3, 0.4) is 0 Å². The predicted octanol–water partition coefficient (Wildman–Crippen LogP) is 5.48. The third-order valence-electron chi connectivity index (χ3n) is 6.19. The Kier molecular flexibility index (Phi) is 6.46. The number of hydrogen-bond donors (Lipinski definition) is 0. The van der Waals surface area contributed by atoms with E-state index in [2.05, 4.69) is 37.1 Å². The van der Waals surface area contributed by atoms with Crippen LogP contribution in [-0.2, 0) is 11.8 Å². The van der Waals surface area contributed by atoms with Crippen molar-refractivity contribution in [2.24, 2.45) is 5.92 Å². The van der Waals surface area contributed by atoms with E-state index in [0.29, 0.717) is 6.42 Å². The lowest BCUT2D eigenvalue weighted by Crippen LogP contribution is -2.35. The molecule has 148 valence electrons. The minimum Gasteiger partial charge on any atom is -0.303 e. The predicted molar refractivity (Wildman–Crippen MR) is 108 cm³/mol. The van der Waals surface area contributed by atoms with E-state index in [1.54, 1.807) is 0 Å². The lowest BCUT2D eigenvalue weighted by molar-refractivity contribution is 0.229. The maximum absolute atomic E-state index is 14.5. The summed E-state index contributed by atoms with van der Waals surface area (Å²) in [5, 5.41) is 10.00. The molecule has 0 bridgehead atoms.